The molecular formula is C13H14N2O2S. The molecule has 0 saturated heterocycles. The molecule has 1 aromatic heterocycles. The fraction of sp³-hybridized carbons (Fsp3) is 0.231. The second kappa shape index (κ2) is 5.73. The molecule has 1 heterocycles. The van der Waals surface area contributed by atoms with E-state index in [1.807, 2.05) is 36.5 Å². The highest BCUT2D eigenvalue weighted by atomic mass is 32.2. The van der Waals surface area contributed by atoms with Crippen molar-refractivity contribution in [1.82, 2.24) is 9.78 Å². The average Bonchev–Trinajstić information content (AvgIpc) is 2.90. The van der Waals surface area contributed by atoms with Crippen molar-refractivity contribution in [2.75, 3.05) is 0 Å². The molecular weight excluding hydrogens is 248 g/mol. The fourth-order valence-electron chi connectivity index (χ4n) is 1.46. The largest absolute Gasteiger partial charge is 0.480 e. The maximum atomic E-state index is 10.7. The van der Waals surface area contributed by atoms with Crippen molar-refractivity contribution in [3.05, 3.63) is 48.3 Å². The summed E-state index contributed by atoms with van der Waals surface area (Å²) in [5, 5.41) is 12.6. The molecule has 0 aliphatic rings. The minimum Gasteiger partial charge on any atom is -0.480 e. The van der Waals surface area contributed by atoms with Crippen LogP contribution in [0.4, 0.5) is 0 Å². The van der Waals surface area contributed by atoms with Crippen molar-refractivity contribution in [3.8, 4) is 5.69 Å². The van der Waals surface area contributed by atoms with Gasteiger partial charge in [0.1, 0.15) is 0 Å². The van der Waals surface area contributed by atoms with E-state index in [1.165, 1.54) is 11.8 Å². The van der Waals surface area contributed by atoms with Gasteiger partial charge in [-0.2, -0.15) is 5.10 Å². The van der Waals surface area contributed by atoms with Crippen molar-refractivity contribution in [1.29, 1.82) is 0 Å². The molecule has 1 unspecified atom stereocenters. The normalized spacial score (nSPS) is 12.3. The molecule has 2 aromatic rings. The molecule has 0 fully saturated rings. The first-order valence-electron chi connectivity index (χ1n) is 5.60. The number of hydrogen-bond acceptors (Lipinski definition) is 3. The van der Waals surface area contributed by atoms with Gasteiger partial charge in [-0.15, -0.1) is 11.8 Å². The highest BCUT2D eigenvalue weighted by Crippen LogP contribution is 2.18. The van der Waals surface area contributed by atoms with Crippen LogP contribution >= 0.6 is 11.8 Å². The number of carboxylic acids is 1. The van der Waals surface area contributed by atoms with E-state index in [-0.39, 0.29) is 5.25 Å². The van der Waals surface area contributed by atoms with Crippen LogP contribution in [0.5, 0.6) is 0 Å². The molecule has 5 heteroatoms. The van der Waals surface area contributed by atoms with Gasteiger partial charge >= 0.3 is 5.97 Å². The lowest BCUT2D eigenvalue weighted by atomic mass is 10.2. The second-order valence-corrected chi connectivity index (χ2v) is 5.24. The fourth-order valence-corrected chi connectivity index (χ4v) is 2.24. The zero-order chi connectivity index (χ0) is 13.0. The number of rotatable bonds is 5. The van der Waals surface area contributed by atoms with Gasteiger partial charge in [-0.05, 0) is 30.7 Å². The van der Waals surface area contributed by atoms with E-state index < -0.39 is 5.97 Å². The summed E-state index contributed by atoms with van der Waals surface area (Å²) in [7, 11) is 0. The van der Waals surface area contributed by atoms with Gasteiger partial charge in [0.05, 0.1) is 10.9 Å². The molecule has 0 radical (unpaired) electrons. The number of hydrogen-bond donors (Lipinski definition) is 1. The Kier molecular flexibility index (Phi) is 4.04. The Morgan fingerprint density at radius 1 is 1.44 bits per heavy atom. The maximum absolute atomic E-state index is 10.7. The minimum absolute atomic E-state index is 0.379. The van der Waals surface area contributed by atoms with Crippen molar-refractivity contribution < 1.29 is 9.90 Å². The summed E-state index contributed by atoms with van der Waals surface area (Å²) < 4.78 is 1.79. The Morgan fingerprint density at radius 2 is 2.17 bits per heavy atom. The van der Waals surface area contributed by atoms with E-state index in [1.54, 1.807) is 17.8 Å². The number of aliphatic carboxylic acids is 1. The molecule has 1 aromatic carbocycles. The summed E-state index contributed by atoms with van der Waals surface area (Å²) >= 11 is 1.42. The van der Waals surface area contributed by atoms with Crippen LogP contribution in [0, 0.1) is 0 Å². The van der Waals surface area contributed by atoms with Crippen molar-refractivity contribution in [3.63, 3.8) is 0 Å². The Labute approximate surface area is 110 Å². The number of carboxylic acid groups (broad SMARTS) is 1. The zero-order valence-corrected chi connectivity index (χ0v) is 10.8. The van der Waals surface area contributed by atoms with Crippen LogP contribution in [0.3, 0.4) is 0 Å². The van der Waals surface area contributed by atoms with Gasteiger partial charge in [-0.1, -0.05) is 12.1 Å². The molecule has 2 rings (SSSR count). The topological polar surface area (TPSA) is 55.1 Å². The third-order valence-corrected chi connectivity index (χ3v) is 3.75. The zero-order valence-electron chi connectivity index (χ0n) is 9.98. The van der Waals surface area contributed by atoms with Crippen LogP contribution in [-0.4, -0.2) is 26.1 Å². The first-order valence-corrected chi connectivity index (χ1v) is 6.65. The van der Waals surface area contributed by atoms with Gasteiger partial charge in [0.25, 0.3) is 0 Å². The standard InChI is InChI=1S/C13H14N2O2S/c1-10(13(16)17)18-9-11-3-5-12(6-4-11)15-8-2-7-14-15/h2-8,10H,9H2,1H3,(H,16,17). The summed E-state index contributed by atoms with van der Waals surface area (Å²) in [6, 6.07) is 9.83. The Bertz CT molecular complexity index is 508. The molecule has 18 heavy (non-hydrogen) atoms. The summed E-state index contributed by atoms with van der Waals surface area (Å²) in [6.45, 7) is 1.70. The number of aromatic nitrogens is 2. The SMILES string of the molecule is CC(SCc1ccc(-n2cccn2)cc1)C(=O)O. The van der Waals surface area contributed by atoms with Gasteiger partial charge in [0.15, 0.2) is 0 Å². The molecule has 4 nitrogen and oxygen atoms in total. The number of nitrogens with zero attached hydrogens (tertiary/aromatic N) is 2. The van der Waals surface area contributed by atoms with Crippen LogP contribution < -0.4 is 0 Å². The summed E-state index contributed by atoms with van der Waals surface area (Å²) in [6.07, 6.45) is 3.62. The lowest BCUT2D eigenvalue weighted by Gasteiger charge is -2.07. The van der Waals surface area contributed by atoms with E-state index in [2.05, 4.69) is 5.10 Å². The number of benzene rings is 1. The quantitative estimate of drug-likeness (QED) is 0.899. The third kappa shape index (κ3) is 3.13. The van der Waals surface area contributed by atoms with Crippen LogP contribution in [0.15, 0.2) is 42.7 Å². The van der Waals surface area contributed by atoms with Crippen molar-refractivity contribution in [2.45, 2.75) is 17.9 Å². The monoisotopic (exact) mass is 262 g/mol. The first-order chi connectivity index (χ1) is 8.66. The molecule has 0 spiro atoms. The molecule has 0 aliphatic heterocycles. The Hall–Kier alpha value is -1.75. The average molecular weight is 262 g/mol. The molecule has 94 valence electrons. The first kappa shape index (κ1) is 12.7. The smallest absolute Gasteiger partial charge is 0.316 e. The Morgan fingerprint density at radius 3 is 2.72 bits per heavy atom. The lowest BCUT2D eigenvalue weighted by molar-refractivity contribution is -0.136. The van der Waals surface area contributed by atoms with E-state index in [9.17, 15) is 4.79 Å². The lowest BCUT2D eigenvalue weighted by Crippen LogP contribution is -2.11. The van der Waals surface area contributed by atoms with Crippen molar-refractivity contribution >= 4 is 17.7 Å². The summed E-state index contributed by atoms with van der Waals surface area (Å²) in [4.78, 5) is 10.7. The van der Waals surface area contributed by atoms with Gasteiger partial charge in [-0.3, -0.25) is 4.79 Å². The van der Waals surface area contributed by atoms with Crippen LogP contribution in [0.25, 0.3) is 5.69 Å². The highest BCUT2D eigenvalue weighted by molar-refractivity contribution is 7.99. The van der Waals surface area contributed by atoms with E-state index in [4.69, 9.17) is 5.11 Å². The van der Waals surface area contributed by atoms with Crippen LogP contribution in [0.1, 0.15) is 12.5 Å². The molecule has 1 N–H and O–H groups in total. The third-order valence-electron chi connectivity index (χ3n) is 2.55. The van der Waals surface area contributed by atoms with Gasteiger partial charge in [0, 0.05) is 18.1 Å². The minimum atomic E-state index is -0.770. The van der Waals surface area contributed by atoms with Crippen LogP contribution in [-0.2, 0) is 10.5 Å². The molecule has 0 amide bonds. The second-order valence-electron chi connectivity index (χ2n) is 3.91. The maximum Gasteiger partial charge on any atom is 0.316 e. The Balaban J connectivity index is 1.98. The number of thioether (sulfide) groups is 1. The van der Waals surface area contributed by atoms with Crippen LogP contribution in [0.2, 0.25) is 0 Å². The van der Waals surface area contributed by atoms with Crippen molar-refractivity contribution in [2.24, 2.45) is 0 Å². The van der Waals surface area contributed by atoms with Gasteiger partial charge < -0.3 is 5.11 Å². The molecule has 0 saturated carbocycles. The predicted octanol–water partition coefficient (Wildman–Crippen LogP) is 2.58. The van der Waals surface area contributed by atoms with E-state index in [0.717, 1.165) is 11.3 Å². The molecule has 0 bridgehead atoms. The van der Waals surface area contributed by atoms with E-state index in [0.29, 0.717) is 5.75 Å². The number of carbonyl (C=O) groups is 1. The summed E-state index contributed by atoms with van der Waals surface area (Å²) in [5.41, 5.74) is 2.11. The predicted molar refractivity (Wildman–Crippen MR) is 72.0 cm³/mol. The van der Waals surface area contributed by atoms with Gasteiger partial charge in [-0.25, -0.2) is 4.68 Å². The molecule has 1 atom stereocenters. The summed E-state index contributed by atoms with van der Waals surface area (Å²) in [5.74, 6) is -0.0690. The van der Waals surface area contributed by atoms with Gasteiger partial charge in [0.2, 0.25) is 0 Å². The highest BCUT2D eigenvalue weighted by Gasteiger charge is 2.10. The molecule has 0 aliphatic carbocycles. The van der Waals surface area contributed by atoms with E-state index >= 15 is 0 Å².